The normalized spacial score (nSPS) is 12.8. The topological polar surface area (TPSA) is 52.6 Å². The molecule has 0 aromatic rings. The van der Waals surface area contributed by atoms with Crippen molar-refractivity contribution in [3.63, 3.8) is 0 Å². The van der Waals surface area contributed by atoms with Crippen LogP contribution < -0.4 is 0 Å². The zero-order valence-corrected chi connectivity index (χ0v) is 16.4. The summed E-state index contributed by atoms with van der Waals surface area (Å²) in [6.45, 7) is 7.42. The number of carbonyl (C=O) groups excluding carboxylic acids is 2. The zero-order chi connectivity index (χ0) is 18.2. The third-order valence-electron chi connectivity index (χ3n) is 4.41. The number of methoxy groups -OCH3 is 1. The van der Waals surface area contributed by atoms with Crippen LogP contribution in [0.3, 0.4) is 0 Å². The van der Waals surface area contributed by atoms with Crippen molar-refractivity contribution in [3.8, 4) is 0 Å². The molecule has 0 aromatic heterocycles. The Morgan fingerprint density at radius 2 is 1.56 bits per heavy atom. The van der Waals surface area contributed by atoms with Crippen molar-refractivity contribution in [1.29, 1.82) is 0 Å². The highest BCUT2D eigenvalue weighted by Gasteiger charge is 2.15. The van der Waals surface area contributed by atoms with Crippen LogP contribution in [0.5, 0.6) is 0 Å². The molecule has 25 heavy (non-hydrogen) atoms. The van der Waals surface area contributed by atoms with Crippen molar-refractivity contribution in [3.05, 3.63) is 12.7 Å². The summed E-state index contributed by atoms with van der Waals surface area (Å²) in [6, 6.07) is 0. The van der Waals surface area contributed by atoms with Gasteiger partial charge in [0, 0.05) is 21.4 Å². The van der Waals surface area contributed by atoms with Gasteiger partial charge in [-0.25, -0.2) is 4.79 Å². The van der Waals surface area contributed by atoms with E-state index in [9.17, 15) is 9.59 Å². The van der Waals surface area contributed by atoms with Crippen molar-refractivity contribution >= 4 is 20.2 Å². The monoisotopic (exact) mass is 351 g/mol. The summed E-state index contributed by atoms with van der Waals surface area (Å²) >= 11 is 0. The van der Waals surface area contributed by atoms with E-state index < -0.39 is 6.10 Å². The molecule has 0 saturated carbocycles. The third kappa shape index (κ3) is 14.9. The maximum absolute atomic E-state index is 11.7. The molecule has 0 aliphatic rings. The fourth-order valence-corrected chi connectivity index (χ4v) is 2.65. The Labute approximate surface area is 156 Å². The first kappa shape index (κ1) is 26.1. The van der Waals surface area contributed by atoms with Crippen LogP contribution >= 0.6 is 0 Å². The van der Waals surface area contributed by atoms with Crippen LogP contribution in [0.1, 0.15) is 78.1 Å². The van der Waals surface area contributed by atoms with Crippen molar-refractivity contribution in [2.75, 3.05) is 13.7 Å². The number of ketones is 1. The lowest BCUT2D eigenvalue weighted by Gasteiger charge is -2.14. The molecule has 0 spiro atoms. The van der Waals surface area contributed by atoms with Crippen LogP contribution in [0.25, 0.3) is 0 Å². The highest BCUT2D eigenvalue weighted by Crippen LogP contribution is 2.18. The summed E-state index contributed by atoms with van der Waals surface area (Å²) in [7, 11) is 1.48. The molecule has 0 aromatic carbocycles. The molecule has 0 aliphatic heterocycles. The van der Waals surface area contributed by atoms with Gasteiger partial charge >= 0.3 is 5.97 Å². The van der Waals surface area contributed by atoms with Gasteiger partial charge in [0.2, 0.25) is 0 Å². The number of allylic oxidation sites excluding steroid dienone is 1. The van der Waals surface area contributed by atoms with Crippen LogP contribution in [0.15, 0.2) is 12.7 Å². The predicted octanol–water partition coefficient (Wildman–Crippen LogP) is 4.48. The van der Waals surface area contributed by atoms with E-state index in [1.54, 1.807) is 13.8 Å². The first-order valence-electron chi connectivity index (χ1n) is 9.33. The van der Waals surface area contributed by atoms with E-state index in [1.165, 1.54) is 39.2 Å². The molecule has 0 bridgehead atoms. The standard InChI is InChI=1S/C20H36O4.B/c1-5-6-7-8-9-10-11-12-14-19(17(2)21)15-13-16-24-20(22)18(3)23-4;/h5,18-19H,1,6-16H2,2-4H3;. The van der Waals surface area contributed by atoms with E-state index in [4.69, 9.17) is 9.47 Å². The summed E-state index contributed by atoms with van der Waals surface area (Å²) in [5.41, 5.74) is 0. The van der Waals surface area contributed by atoms with Gasteiger partial charge in [-0.2, -0.15) is 0 Å². The van der Waals surface area contributed by atoms with Gasteiger partial charge in [0.05, 0.1) is 6.61 Å². The summed E-state index contributed by atoms with van der Waals surface area (Å²) in [4.78, 5) is 23.2. The quantitative estimate of drug-likeness (QED) is 0.178. The lowest BCUT2D eigenvalue weighted by atomic mass is 9.92. The Bertz CT molecular complexity index is 358. The number of Topliss-reactive ketones (excluding diaryl/α,β-unsaturated/α-hetero) is 1. The Balaban J connectivity index is 0. The van der Waals surface area contributed by atoms with Crippen molar-refractivity contribution in [2.45, 2.75) is 84.2 Å². The summed E-state index contributed by atoms with van der Waals surface area (Å²) in [6.07, 6.45) is 12.4. The summed E-state index contributed by atoms with van der Waals surface area (Å²) < 4.78 is 10.0. The summed E-state index contributed by atoms with van der Waals surface area (Å²) in [5.74, 6) is 0.00946. The van der Waals surface area contributed by atoms with E-state index >= 15 is 0 Å². The van der Waals surface area contributed by atoms with E-state index in [2.05, 4.69) is 6.58 Å². The second-order valence-corrected chi connectivity index (χ2v) is 6.48. The number of hydrogen-bond acceptors (Lipinski definition) is 4. The first-order valence-corrected chi connectivity index (χ1v) is 9.33. The minimum absolute atomic E-state index is 0. The van der Waals surface area contributed by atoms with E-state index in [0.29, 0.717) is 6.61 Å². The van der Waals surface area contributed by atoms with Crippen molar-refractivity contribution in [1.82, 2.24) is 0 Å². The molecule has 5 heteroatoms. The Morgan fingerprint density at radius 3 is 2.12 bits per heavy atom. The molecular weight excluding hydrogens is 315 g/mol. The molecule has 4 nitrogen and oxygen atoms in total. The van der Waals surface area contributed by atoms with E-state index in [0.717, 1.165) is 32.1 Å². The number of ether oxygens (including phenoxy) is 2. The number of unbranched alkanes of at least 4 members (excludes halogenated alkanes) is 6. The average Bonchev–Trinajstić information content (AvgIpc) is 2.57. The first-order chi connectivity index (χ1) is 11.5. The van der Waals surface area contributed by atoms with Gasteiger partial charge in [-0.05, 0) is 46.0 Å². The van der Waals surface area contributed by atoms with Gasteiger partial charge in [0.1, 0.15) is 5.78 Å². The van der Waals surface area contributed by atoms with E-state index in [-0.39, 0.29) is 26.1 Å². The molecule has 0 aliphatic carbocycles. The molecule has 0 rings (SSSR count). The van der Waals surface area contributed by atoms with Gasteiger partial charge in [-0.3, -0.25) is 4.79 Å². The Morgan fingerprint density at radius 1 is 1.00 bits per heavy atom. The van der Waals surface area contributed by atoms with Gasteiger partial charge < -0.3 is 9.47 Å². The Kier molecular flexibility index (Phi) is 18.5. The highest BCUT2D eigenvalue weighted by atomic mass is 16.6. The fourth-order valence-electron chi connectivity index (χ4n) is 2.65. The van der Waals surface area contributed by atoms with Crippen LogP contribution in [-0.4, -0.2) is 40.0 Å². The lowest BCUT2D eigenvalue weighted by molar-refractivity contribution is -0.154. The number of rotatable bonds is 16. The number of esters is 1. The van der Waals surface area contributed by atoms with Crippen molar-refractivity contribution < 1.29 is 19.1 Å². The second kappa shape index (κ2) is 17.7. The molecular formula is C20H36BO4. The minimum Gasteiger partial charge on any atom is -0.464 e. The van der Waals surface area contributed by atoms with Crippen LogP contribution in [0.4, 0.5) is 0 Å². The van der Waals surface area contributed by atoms with E-state index in [1.807, 2.05) is 6.08 Å². The maximum atomic E-state index is 11.7. The minimum atomic E-state index is -0.528. The van der Waals surface area contributed by atoms with Crippen LogP contribution in [0.2, 0.25) is 0 Å². The molecule has 2 unspecified atom stereocenters. The molecule has 0 saturated heterocycles. The molecule has 0 amide bonds. The molecule has 0 heterocycles. The van der Waals surface area contributed by atoms with Crippen LogP contribution in [-0.2, 0) is 19.1 Å². The van der Waals surface area contributed by atoms with Gasteiger partial charge in [0.15, 0.2) is 6.10 Å². The second-order valence-electron chi connectivity index (χ2n) is 6.48. The van der Waals surface area contributed by atoms with Crippen molar-refractivity contribution in [2.24, 2.45) is 5.92 Å². The molecule has 0 fully saturated rings. The number of carbonyl (C=O) groups is 2. The smallest absolute Gasteiger partial charge is 0.334 e. The molecule has 143 valence electrons. The average molecular weight is 351 g/mol. The molecule has 0 N–H and O–H groups in total. The fraction of sp³-hybridized carbons (Fsp3) is 0.800. The SMILES string of the molecule is C=CCCCCCCCCC(CCCOC(=O)C(C)OC)C(C)=O.[B]. The molecule has 3 radical (unpaired) electrons. The lowest BCUT2D eigenvalue weighted by Crippen LogP contribution is -2.22. The zero-order valence-electron chi connectivity index (χ0n) is 16.4. The summed E-state index contributed by atoms with van der Waals surface area (Å²) in [5, 5.41) is 0. The number of hydrogen-bond donors (Lipinski definition) is 0. The van der Waals surface area contributed by atoms with Gasteiger partial charge in [-0.1, -0.05) is 38.2 Å². The Hall–Kier alpha value is -1.10. The van der Waals surface area contributed by atoms with Gasteiger partial charge in [-0.15, -0.1) is 6.58 Å². The maximum Gasteiger partial charge on any atom is 0.334 e. The third-order valence-corrected chi connectivity index (χ3v) is 4.41. The van der Waals surface area contributed by atoms with Gasteiger partial charge in [0.25, 0.3) is 0 Å². The highest BCUT2D eigenvalue weighted by molar-refractivity contribution is 5.78. The van der Waals surface area contributed by atoms with Crippen LogP contribution in [0, 0.1) is 5.92 Å². The largest absolute Gasteiger partial charge is 0.464 e. The predicted molar refractivity (Wildman–Crippen MR) is 104 cm³/mol. The molecule has 2 atom stereocenters.